The van der Waals surface area contributed by atoms with Crippen LogP contribution in [-0.4, -0.2) is 10.7 Å². The molecule has 0 aliphatic heterocycles. The summed E-state index contributed by atoms with van der Waals surface area (Å²) in [5, 5.41) is 20.8. The molecule has 2 aliphatic carbocycles. The van der Waals surface area contributed by atoms with Crippen molar-refractivity contribution in [3.8, 4) is 6.07 Å². The normalized spacial score (nSPS) is 44.3. The lowest BCUT2D eigenvalue weighted by Crippen LogP contribution is -2.46. The zero-order valence-corrected chi connectivity index (χ0v) is 12.1. The van der Waals surface area contributed by atoms with Gasteiger partial charge in [-0.25, -0.2) is 0 Å². The van der Waals surface area contributed by atoms with E-state index in [2.05, 4.69) is 26.8 Å². The molecule has 18 heavy (non-hydrogen) atoms. The molecule has 0 heterocycles. The van der Waals surface area contributed by atoms with E-state index < -0.39 is 11.0 Å². The van der Waals surface area contributed by atoms with Gasteiger partial charge in [-0.05, 0) is 56.3 Å². The van der Waals surface area contributed by atoms with E-state index >= 15 is 0 Å². The van der Waals surface area contributed by atoms with Crippen LogP contribution in [0.25, 0.3) is 0 Å². The number of nitrogens with zero attached hydrogens (tertiary/aromatic N) is 1. The highest BCUT2D eigenvalue weighted by atomic mass is 16.3. The standard InChI is InChI=1S/C16H27NO/c1-13-5-8-15(11-13,12-17)16(18)7-4-6-14(2,3)9-10-16/h13,18H,4-11H2,1-3H3. The van der Waals surface area contributed by atoms with Gasteiger partial charge in [0, 0.05) is 0 Å². The van der Waals surface area contributed by atoms with Gasteiger partial charge in [0.1, 0.15) is 0 Å². The summed E-state index contributed by atoms with van der Waals surface area (Å²) in [4.78, 5) is 0. The summed E-state index contributed by atoms with van der Waals surface area (Å²) in [7, 11) is 0. The van der Waals surface area contributed by atoms with Gasteiger partial charge in [0.25, 0.3) is 0 Å². The molecule has 2 fully saturated rings. The van der Waals surface area contributed by atoms with Gasteiger partial charge >= 0.3 is 0 Å². The SMILES string of the molecule is CC1CCC(C#N)(C2(O)CCCC(C)(C)CC2)C1. The summed E-state index contributed by atoms with van der Waals surface area (Å²) in [6.07, 6.45) is 7.77. The lowest BCUT2D eigenvalue weighted by atomic mass is 9.67. The van der Waals surface area contributed by atoms with Crippen LogP contribution in [-0.2, 0) is 0 Å². The van der Waals surface area contributed by atoms with Crippen LogP contribution < -0.4 is 0 Å². The summed E-state index contributed by atoms with van der Waals surface area (Å²) in [6, 6.07) is 2.52. The Balaban J connectivity index is 2.22. The number of rotatable bonds is 1. The van der Waals surface area contributed by atoms with Gasteiger partial charge in [-0.2, -0.15) is 5.26 Å². The highest BCUT2D eigenvalue weighted by Crippen LogP contribution is 2.54. The third kappa shape index (κ3) is 2.30. The van der Waals surface area contributed by atoms with Crippen LogP contribution in [0.5, 0.6) is 0 Å². The molecule has 2 nitrogen and oxygen atoms in total. The number of nitriles is 1. The molecule has 0 spiro atoms. The van der Waals surface area contributed by atoms with Crippen molar-refractivity contribution < 1.29 is 5.11 Å². The second kappa shape index (κ2) is 4.53. The molecule has 0 saturated heterocycles. The van der Waals surface area contributed by atoms with Crippen LogP contribution in [0.3, 0.4) is 0 Å². The summed E-state index contributed by atoms with van der Waals surface area (Å²) in [6.45, 7) is 6.78. The molecule has 3 atom stereocenters. The topological polar surface area (TPSA) is 44.0 Å². The fourth-order valence-electron chi connectivity index (χ4n) is 4.05. The Kier molecular flexibility index (Phi) is 3.49. The van der Waals surface area contributed by atoms with Crippen LogP contribution in [0, 0.1) is 28.1 Å². The molecular formula is C16H27NO. The smallest absolute Gasteiger partial charge is 0.0862 e. The lowest BCUT2D eigenvalue weighted by molar-refractivity contribution is -0.0679. The third-order valence-corrected chi connectivity index (χ3v) is 5.52. The molecular weight excluding hydrogens is 222 g/mol. The highest BCUT2D eigenvalue weighted by molar-refractivity contribution is 5.15. The highest BCUT2D eigenvalue weighted by Gasteiger charge is 2.54. The first kappa shape index (κ1) is 13.9. The van der Waals surface area contributed by atoms with Crippen molar-refractivity contribution in [2.75, 3.05) is 0 Å². The number of hydrogen-bond donors (Lipinski definition) is 1. The zero-order valence-electron chi connectivity index (χ0n) is 12.1. The summed E-state index contributed by atoms with van der Waals surface area (Å²) in [5.41, 5.74) is -0.877. The number of aliphatic hydroxyl groups is 1. The van der Waals surface area contributed by atoms with Crippen LogP contribution in [0.2, 0.25) is 0 Å². The second-order valence-electron chi connectivity index (χ2n) is 7.59. The fraction of sp³-hybridized carbons (Fsp3) is 0.938. The Hall–Kier alpha value is -0.550. The molecule has 2 rings (SSSR count). The Bertz CT molecular complexity index is 357. The minimum atomic E-state index is -0.736. The van der Waals surface area contributed by atoms with E-state index in [0.717, 1.165) is 44.9 Å². The molecule has 3 unspecified atom stereocenters. The Labute approximate surface area is 111 Å². The maximum Gasteiger partial charge on any atom is 0.0862 e. The fourth-order valence-corrected chi connectivity index (χ4v) is 4.05. The average Bonchev–Trinajstić information content (AvgIpc) is 2.63. The van der Waals surface area contributed by atoms with Gasteiger partial charge < -0.3 is 5.11 Å². The molecule has 2 heteroatoms. The van der Waals surface area contributed by atoms with E-state index in [4.69, 9.17) is 0 Å². The minimum absolute atomic E-state index is 0.325. The van der Waals surface area contributed by atoms with Gasteiger partial charge in [-0.1, -0.05) is 27.2 Å². The van der Waals surface area contributed by atoms with Crippen molar-refractivity contribution in [1.82, 2.24) is 0 Å². The maximum atomic E-state index is 11.1. The van der Waals surface area contributed by atoms with E-state index in [1.54, 1.807) is 0 Å². The van der Waals surface area contributed by atoms with Gasteiger partial charge in [0.15, 0.2) is 0 Å². The predicted molar refractivity (Wildman–Crippen MR) is 72.9 cm³/mol. The van der Waals surface area contributed by atoms with Crippen LogP contribution in [0.4, 0.5) is 0 Å². The van der Waals surface area contributed by atoms with Crippen molar-refractivity contribution in [2.45, 2.75) is 77.7 Å². The Morgan fingerprint density at radius 3 is 2.39 bits per heavy atom. The number of hydrogen-bond acceptors (Lipinski definition) is 2. The summed E-state index contributed by atoms with van der Waals surface area (Å²) >= 11 is 0. The van der Waals surface area contributed by atoms with E-state index in [0.29, 0.717) is 11.3 Å². The van der Waals surface area contributed by atoms with Crippen LogP contribution in [0.1, 0.15) is 72.1 Å². The van der Waals surface area contributed by atoms with E-state index in [9.17, 15) is 10.4 Å². The third-order valence-electron chi connectivity index (χ3n) is 5.52. The first-order chi connectivity index (χ1) is 8.33. The molecule has 0 bridgehead atoms. The molecule has 0 aromatic heterocycles. The van der Waals surface area contributed by atoms with Gasteiger partial charge in [0.05, 0.1) is 17.1 Å². The van der Waals surface area contributed by atoms with Crippen LogP contribution in [0.15, 0.2) is 0 Å². The molecule has 1 N–H and O–H groups in total. The van der Waals surface area contributed by atoms with Gasteiger partial charge in [0.2, 0.25) is 0 Å². The molecule has 0 amide bonds. The Morgan fingerprint density at radius 1 is 1.11 bits per heavy atom. The Morgan fingerprint density at radius 2 is 1.83 bits per heavy atom. The van der Waals surface area contributed by atoms with E-state index in [1.165, 1.54) is 6.42 Å². The maximum absolute atomic E-state index is 11.1. The van der Waals surface area contributed by atoms with E-state index in [-0.39, 0.29) is 0 Å². The second-order valence-corrected chi connectivity index (χ2v) is 7.59. The van der Waals surface area contributed by atoms with Crippen molar-refractivity contribution in [2.24, 2.45) is 16.7 Å². The van der Waals surface area contributed by atoms with E-state index in [1.807, 2.05) is 0 Å². The summed E-state index contributed by atoms with van der Waals surface area (Å²) in [5.74, 6) is 0.588. The van der Waals surface area contributed by atoms with Gasteiger partial charge in [-0.15, -0.1) is 0 Å². The first-order valence-corrected chi connectivity index (χ1v) is 7.46. The molecule has 102 valence electrons. The van der Waals surface area contributed by atoms with Crippen molar-refractivity contribution in [1.29, 1.82) is 5.26 Å². The quantitative estimate of drug-likeness (QED) is 0.713. The van der Waals surface area contributed by atoms with Crippen LogP contribution >= 0.6 is 0 Å². The first-order valence-electron chi connectivity index (χ1n) is 7.46. The van der Waals surface area contributed by atoms with Crippen molar-refractivity contribution in [3.63, 3.8) is 0 Å². The van der Waals surface area contributed by atoms with Gasteiger partial charge in [-0.3, -0.25) is 0 Å². The molecule has 0 radical (unpaired) electrons. The largest absolute Gasteiger partial charge is 0.388 e. The van der Waals surface area contributed by atoms with Crippen molar-refractivity contribution in [3.05, 3.63) is 0 Å². The molecule has 0 aromatic carbocycles. The molecule has 0 aromatic rings. The molecule has 2 saturated carbocycles. The lowest BCUT2D eigenvalue weighted by Gasteiger charge is -2.40. The van der Waals surface area contributed by atoms with Crippen molar-refractivity contribution >= 4 is 0 Å². The average molecular weight is 249 g/mol. The zero-order chi connectivity index (χ0) is 13.4. The summed E-state index contributed by atoms with van der Waals surface area (Å²) < 4.78 is 0. The molecule has 2 aliphatic rings. The monoisotopic (exact) mass is 249 g/mol. The minimum Gasteiger partial charge on any atom is -0.388 e. The predicted octanol–water partition coefficient (Wildman–Crippen LogP) is 4.04.